The molecule has 98 valence electrons. The minimum absolute atomic E-state index is 0.0211. The number of hydrogen-bond acceptors (Lipinski definition) is 3. The number of aliphatic carboxylic acids is 1. The topological polar surface area (TPSA) is 74.6 Å². The molecule has 0 aliphatic heterocycles. The Kier molecular flexibility index (Phi) is 4.91. The number of aryl methyl sites for hydroxylation is 1. The van der Waals surface area contributed by atoms with Crippen LogP contribution in [0.25, 0.3) is 0 Å². The average Bonchev–Trinajstić information content (AvgIpc) is 2.34. The van der Waals surface area contributed by atoms with Gasteiger partial charge in [-0.1, -0.05) is 18.2 Å². The van der Waals surface area contributed by atoms with E-state index in [-0.39, 0.29) is 29.5 Å². The average molecular weight is 258 g/mol. The van der Waals surface area contributed by atoms with Gasteiger partial charge in [0.05, 0.1) is 0 Å². The molecule has 1 rings (SSSR count). The van der Waals surface area contributed by atoms with Crippen molar-refractivity contribution in [1.82, 2.24) is 0 Å². The normalized spacial score (nSPS) is 12.4. The molecule has 0 bridgehead atoms. The van der Waals surface area contributed by atoms with Gasteiger partial charge >= 0.3 is 5.97 Å². The summed E-state index contributed by atoms with van der Waals surface area (Å²) in [6, 6.07) is 3.42. The van der Waals surface area contributed by atoms with E-state index in [0.717, 1.165) is 12.1 Å². The van der Waals surface area contributed by atoms with Gasteiger partial charge in [-0.3, -0.25) is 0 Å². The van der Waals surface area contributed by atoms with Crippen molar-refractivity contribution in [3.63, 3.8) is 0 Å². The SMILES string of the molecule is O=CCCc1cc(C(O)C(=O)O)ccc1C(F)F. The molecule has 0 saturated carbocycles. The Morgan fingerprint density at radius 1 is 1.39 bits per heavy atom. The summed E-state index contributed by atoms with van der Waals surface area (Å²) in [5, 5.41) is 17.9. The van der Waals surface area contributed by atoms with Gasteiger partial charge in [-0.2, -0.15) is 0 Å². The molecule has 18 heavy (non-hydrogen) atoms. The highest BCUT2D eigenvalue weighted by molar-refractivity contribution is 5.74. The Morgan fingerprint density at radius 3 is 2.56 bits per heavy atom. The van der Waals surface area contributed by atoms with Crippen LogP contribution in [-0.4, -0.2) is 22.5 Å². The Morgan fingerprint density at radius 2 is 2.06 bits per heavy atom. The number of rotatable bonds is 6. The molecule has 0 spiro atoms. The summed E-state index contributed by atoms with van der Waals surface area (Å²) in [7, 11) is 0. The smallest absolute Gasteiger partial charge is 0.337 e. The van der Waals surface area contributed by atoms with Crippen LogP contribution in [0.5, 0.6) is 0 Å². The lowest BCUT2D eigenvalue weighted by atomic mass is 9.98. The Hall–Kier alpha value is -1.82. The lowest BCUT2D eigenvalue weighted by Gasteiger charge is -2.12. The lowest BCUT2D eigenvalue weighted by molar-refractivity contribution is -0.146. The molecule has 4 nitrogen and oxygen atoms in total. The van der Waals surface area contributed by atoms with Gasteiger partial charge in [0.25, 0.3) is 6.43 Å². The molecule has 1 unspecified atom stereocenters. The Balaban J connectivity index is 3.11. The van der Waals surface area contributed by atoms with E-state index in [0.29, 0.717) is 6.29 Å². The number of carboxylic acids is 1. The third kappa shape index (κ3) is 3.33. The first kappa shape index (κ1) is 14.2. The summed E-state index contributed by atoms with van der Waals surface area (Å²) in [4.78, 5) is 20.8. The molecule has 0 heterocycles. The molecule has 6 heteroatoms. The largest absolute Gasteiger partial charge is 0.479 e. The van der Waals surface area contributed by atoms with E-state index >= 15 is 0 Å². The quantitative estimate of drug-likeness (QED) is 0.764. The number of carbonyl (C=O) groups excluding carboxylic acids is 1. The second-order valence-electron chi connectivity index (χ2n) is 3.71. The van der Waals surface area contributed by atoms with Gasteiger partial charge in [-0.25, -0.2) is 13.6 Å². The van der Waals surface area contributed by atoms with Crippen molar-refractivity contribution in [2.75, 3.05) is 0 Å². The monoisotopic (exact) mass is 258 g/mol. The molecular formula is C12H12F2O4. The zero-order chi connectivity index (χ0) is 13.7. The number of hydrogen-bond donors (Lipinski definition) is 2. The highest BCUT2D eigenvalue weighted by Crippen LogP contribution is 2.27. The van der Waals surface area contributed by atoms with Crippen molar-refractivity contribution in [3.8, 4) is 0 Å². The fourth-order valence-corrected chi connectivity index (χ4v) is 1.58. The van der Waals surface area contributed by atoms with Crippen LogP contribution < -0.4 is 0 Å². The number of carboxylic acid groups (broad SMARTS) is 1. The molecule has 0 fully saturated rings. The number of aldehydes is 1. The fraction of sp³-hybridized carbons (Fsp3) is 0.333. The summed E-state index contributed by atoms with van der Waals surface area (Å²) in [6.07, 6.45) is -3.72. The van der Waals surface area contributed by atoms with Gasteiger partial charge < -0.3 is 15.0 Å². The Bertz CT molecular complexity index is 446. The lowest BCUT2D eigenvalue weighted by Crippen LogP contribution is -2.11. The maximum atomic E-state index is 12.7. The van der Waals surface area contributed by atoms with Crippen LogP contribution in [0, 0.1) is 0 Å². The summed E-state index contributed by atoms with van der Waals surface area (Å²) in [6.45, 7) is 0. The second-order valence-corrected chi connectivity index (χ2v) is 3.71. The molecular weight excluding hydrogens is 246 g/mol. The highest BCUT2D eigenvalue weighted by atomic mass is 19.3. The van der Waals surface area contributed by atoms with Crippen molar-refractivity contribution in [1.29, 1.82) is 0 Å². The number of carbonyl (C=O) groups is 2. The number of aliphatic hydroxyl groups is 1. The van der Waals surface area contributed by atoms with E-state index in [1.54, 1.807) is 0 Å². The predicted molar refractivity (Wildman–Crippen MR) is 58.4 cm³/mol. The number of alkyl halides is 2. The van der Waals surface area contributed by atoms with Crippen molar-refractivity contribution in [2.45, 2.75) is 25.4 Å². The molecule has 0 aliphatic rings. The van der Waals surface area contributed by atoms with Crippen molar-refractivity contribution in [2.24, 2.45) is 0 Å². The maximum Gasteiger partial charge on any atom is 0.337 e. The van der Waals surface area contributed by atoms with E-state index in [1.165, 1.54) is 6.07 Å². The Labute approximate surface area is 102 Å². The van der Waals surface area contributed by atoms with Gasteiger partial charge in [0.1, 0.15) is 6.29 Å². The third-order valence-electron chi connectivity index (χ3n) is 2.48. The minimum atomic E-state index is -2.71. The molecule has 0 aromatic heterocycles. The number of benzene rings is 1. The second kappa shape index (κ2) is 6.20. The molecule has 0 amide bonds. The van der Waals surface area contributed by atoms with Crippen LogP contribution in [-0.2, 0) is 16.0 Å². The molecule has 1 atom stereocenters. The van der Waals surface area contributed by atoms with E-state index in [4.69, 9.17) is 5.11 Å². The van der Waals surface area contributed by atoms with E-state index < -0.39 is 18.5 Å². The first-order valence-corrected chi connectivity index (χ1v) is 5.22. The van der Waals surface area contributed by atoms with Crippen LogP contribution in [0.15, 0.2) is 18.2 Å². The number of aliphatic hydroxyl groups excluding tert-OH is 1. The summed E-state index contributed by atoms with van der Waals surface area (Å²) >= 11 is 0. The van der Waals surface area contributed by atoms with Gasteiger partial charge in [0, 0.05) is 12.0 Å². The van der Waals surface area contributed by atoms with Gasteiger partial charge in [0.2, 0.25) is 0 Å². The molecule has 0 aliphatic carbocycles. The third-order valence-corrected chi connectivity index (χ3v) is 2.48. The molecule has 1 aromatic carbocycles. The van der Waals surface area contributed by atoms with E-state index in [9.17, 15) is 23.5 Å². The first-order valence-electron chi connectivity index (χ1n) is 5.22. The maximum absolute atomic E-state index is 12.7. The van der Waals surface area contributed by atoms with Crippen LogP contribution in [0.2, 0.25) is 0 Å². The van der Waals surface area contributed by atoms with Crippen LogP contribution in [0.3, 0.4) is 0 Å². The molecule has 2 N–H and O–H groups in total. The summed E-state index contributed by atoms with van der Waals surface area (Å²) < 4.78 is 25.4. The molecule has 1 aromatic rings. The van der Waals surface area contributed by atoms with Crippen LogP contribution in [0.1, 0.15) is 35.6 Å². The predicted octanol–water partition coefficient (Wildman–Crippen LogP) is 1.87. The zero-order valence-corrected chi connectivity index (χ0v) is 9.35. The van der Waals surface area contributed by atoms with Crippen molar-refractivity contribution in [3.05, 3.63) is 34.9 Å². The highest BCUT2D eigenvalue weighted by Gasteiger charge is 2.19. The van der Waals surface area contributed by atoms with E-state index in [1.807, 2.05) is 0 Å². The van der Waals surface area contributed by atoms with Gasteiger partial charge in [0.15, 0.2) is 6.10 Å². The number of halogens is 2. The van der Waals surface area contributed by atoms with E-state index in [2.05, 4.69) is 0 Å². The molecule has 0 radical (unpaired) electrons. The minimum Gasteiger partial charge on any atom is -0.479 e. The van der Waals surface area contributed by atoms with Crippen LogP contribution in [0.4, 0.5) is 8.78 Å². The molecule has 0 saturated heterocycles. The fourth-order valence-electron chi connectivity index (χ4n) is 1.58. The summed E-state index contributed by atoms with van der Waals surface area (Å²) in [5.74, 6) is -1.46. The summed E-state index contributed by atoms with van der Waals surface area (Å²) in [5.41, 5.74) is -0.0547. The van der Waals surface area contributed by atoms with Crippen LogP contribution >= 0.6 is 0 Å². The van der Waals surface area contributed by atoms with Crippen molar-refractivity contribution < 1.29 is 28.6 Å². The van der Waals surface area contributed by atoms with Gasteiger partial charge in [-0.05, 0) is 17.5 Å². The standard InChI is InChI=1S/C12H12F2O4/c13-11(14)9-4-3-8(10(16)12(17)18)6-7(9)2-1-5-15/h3-6,10-11,16H,1-2H2,(H,17,18). The first-order chi connectivity index (χ1) is 8.47. The zero-order valence-electron chi connectivity index (χ0n) is 9.35. The van der Waals surface area contributed by atoms with Gasteiger partial charge in [-0.15, -0.1) is 0 Å². The van der Waals surface area contributed by atoms with Crippen molar-refractivity contribution >= 4 is 12.3 Å².